The second-order valence-electron chi connectivity index (χ2n) is 4.59. The Balaban J connectivity index is 3.30. The van der Waals surface area contributed by atoms with E-state index in [0.29, 0.717) is 5.75 Å². The molecule has 0 unspecified atom stereocenters. The van der Waals surface area contributed by atoms with Crippen LogP contribution >= 0.6 is 0 Å². The van der Waals surface area contributed by atoms with Crippen LogP contribution in [-0.4, -0.2) is 20.3 Å². The van der Waals surface area contributed by atoms with Gasteiger partial charge in [-0.25, -0.2) is 0 Å². The van der Waals surface area contributed by atoms with Gasteiger partial charge < -0.3 is 9.84 Å². The summed E-state index contributed by atoms with van der Waals surface area (Å²) in [5.74, 6) is 0.844. The molecule has 0 aliphatic carbocycles. The van der Waals surface area contributed by atoms with E-state index in [9.17, 15) is 5.11 Å². The van der Waals surface area contributed by atoms with E-state index in [-0.39, 0.29) is 5.75 Å². The highest BCUT2D eigenvalue weighted by Crippen LogP contribution is 2.28. The van der Waals surface area contributed by atoms with Gasteiger partial charge in [-0.05, 0) is 18.6 Å². The summed E-state index contributed by atoms with van der Waals surface area (Å²) in [6.07, 6.45) is 0. The maximum Gasteiger partial charge on any atom is 0.160 e. The first-order chi connectivity index (χ1) is 6.36. The Morgan fingerprint density at radius 1 is 1.21 bits per heavy atom. The Labute approximate surface area is 86.5 Å². The fourth-order valence-corrected chi connectivity index (χ4v) is 2.55. The molecule has 0 saturated heterocycles. The maximum absolute atomic E-state index is 9.68. The van der Waals surface area contributed by atoms with Gasteiger partial charge in [0.1, 0.15) is 0 Å². The van der Waals surface area contributed by atoms with Crippen molar-refractivity contribution in [3.8, 4) is 11.5 Å². The Morgan fingerprint density at radius 2 is 1.79 bits per heavy atom. The van der Waals surface area contributed by atoms with Crippen molar-refractivity contribution in [1.82, 2.24) is 0 Å². The third kappa shape index (κ3) is 2.10. The first-order valence-corrected chi connectivity index (χ1v) is 8.24. The molecule has 1 aromatic carbocycles. The molecule has 1 rings (SSSR count). The van der Waals surface area contributed by atoms with Crippen LogP contribution in [0.5, 0.6) is 11.5 Å². The summed E-state index contributed by atoms with van der Waals surface area (Å²) in [5.41, 5.74) is 0.891. The Kier molecular flexibility index (Phi) is 2.90. The molecule has 0 amide bonds. The van der Waals surface area contributed by atoms with Gasteiger partial charge in [-0.3, -0.25) is 0 Å². The monoisotopic (exact) mass is 210 g/mol. The minimum Gasteiger partial charge on any atom is -0.504 e. The summed E-state index contributed by atoms with van der Waals surface area (Å²) >= 11 is 0. The van der Waals surface area contributed by atoms with E-state index < -0.39 is 8.07 Å². The molecule has 1 aromatic rings. The third-order valence-electron chi connectivity index (χ3n) is 2.35. The van der Waals surface area contributed by atoms with Gasteiger partial charge in [0.2, 0.25) is 0 Å². The van der Waals surface area contributed by atoms with Crippen molar-refractivity contribution in [2.75, 3.05) is 7.11 Å². The second-order valence-corrected chi connectivity index (χ2v) is 9.67. The van der Waals surface area contributed by atoms with Gasteiger partial charge in [0.25, 0.3) is 0 Å². The quantitative estimate of drug-likeness (QED) is 0.759. The van der Waals surface area contributed by atoms with Gasteiger partial charge in [-0.1, -0.05) is 30.9 Å². The number of methoxy groups -OCH3 is 1. The lowest BCUT2D eigenvalue weighted by atomic mass is 10.2. The molecular formula is C11H18O2Si. The topological polar surface area (TPSA) is 29.5 Å². The van der Waals surface area contributed by atoms with E-state index in [0.717, 1.165) is 5.56 Å². The predicted molar refractivity (Wildman–Crippen MR) is 62.4 cm³/mol. The number of aryl methyl sites for hydroxylation is 1. The second kappa shape index (κ2) is 3.65. The van der Waals surface area contributed by atoms with Crippen LogP contribution in [0, 0.1) is 6.92 Å². The molecule has 0 aliphatic rings. The van der Waals surface area contributed by atoms with Crippen LogP contribution in [0.2, 0.25) is 19.6 Å². The molecule has 0 atom stereocenters. The summed E-state index contributed by atoms with van der Waals surface area (Å²) in [6, 6.07) is 4.01. The van der Waals surface area contributed by atoms with E-state index in [4.69, 9.17) is 4.74 Å². The lowest BCUT2D eigenvalue weighted by Gasteiger charge is -2.19. The fraction of sp³-hybridized carbons (Fsp3) is 0.455. The molecule has 14 heavy (non-hydrogen) atoms. The van der Waals surface area contributed by atoms with Gasteiger partial charge in [0, 0.05) is 0 Å². The average Bonchev–Trinajstić information content (AvgIpc) is 2.07. The van der Waals surface area contributed by atoms with Crippen LogP contribution in [0.15, 0.2) is 12.1 Å². The standard InChI is InChI=1S/C11H18O2Si/c1-8-6-9(14(3,4)5)7-10(13-2)11(8)12/h6-7,12H,1-5H3. The van der Waals surface area contributed by atoms with Crippen molar-refractivity contribution >= 4 is 13.3 Å². The zero-order valence-corrected chi connectivity index (χ0v) is 10.5. The van der Waals surface area contributed by atoms with Gasteiger partial charge in [-0.2, -0.15) is 0 Å². The third-order valence-corrected chi connectivity index (χ3v) is 4.37. The van der Waals surface area contributed by atoms with Crippen molar-refractivity contribution in [3.63, 3.8) is 0 Å². The van der Waals surface area contributed by atoms with E-state index in [2.05, 4.69) is 25.7 Å². The Bertz CT molecular complexity index is 340. The number of rotatable bonds is 2. The summed E-state index contributed by atoms with van der Waals surface area (Å²) in [7, 11) is 0.259. The molecule has 1 N–H and O–H groups in total. The summed E-state index contributed by atoms with van der Waals surface area (Å²) in [4.78, 5) is 0. The van der Waals surface area contributed by atoms with Crippen molar-refractivity contribution in [3.05, 3.63) is 17.7 Å². The number of aromatic hydroxyl groups is 1. The SMILES string of the molecule is COc1cc([Si](C)(C)C)cc(C)c1O. The zero-order chi connectivity index (χ0) is 10.9. The van der Waals surface area contributed by atoms with E-state index >= 15 is 0 Å². The summed E-state index contributed by atoms with van der Waals surface area (Å²) in [6.45, 7) is 8.73. The van der Waals surface area contributed by atoms with Crippen LogP contribution in [0.25, 0.3) is 0 Å². The molecule has 0 aromatic heterocycles. The molecule has 0 bridgehead atoms. The minimum atomic E-state index is -1.33. The van der Waals surface area contributed by atoms with Crippen molar-refractivity contribution in [1.29, 1.82) is 0 Å². The predicted octanol–water partition coefficient (Wildman–Crippen LogP) is 2.25. The number of hydrogen-bond acceptors (Lipinski definition) is 2. The van der Waals surface area contributed by atoms with Crippen molar-refractivity contribution < 1.29 is 9.84 Å². The molecule has 0 fully saturated rings. The first-order valence-electron chi connectivity index (χ1n) is 4.74. The number of phenols is 1. The molecule has 0 saturated carbocycles. The number of ether oxygens (including phenoxy) is 1. The van der Waals surface area contributed by atoms with E-state index in [1.54, 1.807) is 7.11 Å². The summed E-state index contributed by atoms with van der Waals surface area (Å²) < 4.78 is 5.13. The molecule has 0 radical (unpaired) electrons. The number of phenolic OH excluding ortho intramolecular Hbond substituents is 1. The van der Waals surface area contributed by atoms with Gasteiger partial charge in [0.05, 0.1) is 15.2 Å². The molecule has 0 heterocycles. The first kappa shape index (κ1) is 11.1. The molecule has 0 spiro atoms. The van der Waals surface area contributed by atoms with E-state index in [1.165, 1.54) is 5.19 Å². The van der Waals surface area contributed by atoms with Crippen LogP contribution in [0.3, 0.4) is 0 Å². The van der Waals surface area contributed by atoms with Crippen LogP contribution in [0.1, 0.15) is 5.56 Å². The van der Waals surface area contributed by atoms with Gasteiger partial charge >= 0.3 is 0 Å². The average molecular weight is 210 g/mol. The largest absolute Gasteiger partial charge is 0.504 e. The highest BCUT2D eigenvalue weighted by atomic mass is 28.3. The lowest BCUT2D eigenvalue weighted by molar-refractivity contribution is 0.372. The smallest absolute Gasteiger partial charge is 0.160 e. The summed E-state index contributed by atoms with van der Waals surface area (Å²) in [5, 5.41) is 11.0. The van der Waals surface area contributed by atoms with Crippen molar-refractivity contribution in [2.45, 2.75) is 26.6 Å². The molecule has 3 heteroatoms. The Morgan fingerprint density at radius 3 is 2.21 bits per heavy atom. The Hall–Kier alpha value is -0.963. The highest BCUT2D eigenvalue weighted by molar-refractivity contribution is 6.88. The molecule has 78 valence electrons. The van der Waals surface area contributed by atoms with Crippen LogP contribution < -0.4 is 9.92 Å². The maximum atomic E-state index is 9.68. The zero-order valence-electron chi connectivity index (χ0n) is 9.51. The van der Waals surface area contributed by atoms with Crippen LogP contribution in [0.4, 0.5) is 0 Å². The molecule has 2 nitrogen and oxygen atoms in total. The van der Waals surface area contributed by atoms with Crippen LogP contribution in [-0.2, 0) is 0 Å². The fourth-order valence-electron chi connectivity index (χ4n) is 1.34. The van der Waals surface area contributed by atoms with Gasteiger partial charge in [-0.15, -0.1) is 0 Å². The molecule has 0 aliphatic heterocycles. The molecular weight excluding hydrogens is 192 g/mol. The highest BCUT2D eigenvalue weighted by Gasteiger charge is 2.19. The lowest BCUT2D eigenvalue weighted by Crippen LogP contribution is -2.37. The minimum absolute atomic E-state index is 0.259. The van der Waals surface area contributed by atoms with Gasteiger partial charge in [0.15, 0.2) is 11.5 Å². The number of benzene rings is 1. The normalized spacial score (nSPS) is 11.5. The van der Waals surface area contributed by atoms with E-state index in [1.807, 2.05) is 13.0 Å². The van der Waals surface area contributed by atoms with Crippen molar-refractivity contribution in [2.24, 2.45) is 0 Å². The number of hydrogen-bond donors (Lipinski definition) is 1.